The van der Waals surface area contributed by atoms with E-state index >= 15 is 0 Å². The minimum Gasteiger partial charge on any atom is -0.462 e. The van der Waals surface area contributed by atoms with Crippen LogP contribution in [0, 0.1) is 0 Å². The normalized spacial score (nSPS) is 13.9. The summed E-state index contributed by atoms with van der Waals surface area (Å²) in [5, 5.41) is 0. The molecule has 1 N–H and O–H groups in total. The number of esters is 2. The first-order chi connectivity index (χ1) is 30.4. The number of nitrogens with zero attached hydrogens (tertiary/aromatic N) is 1. The minimum atomic E-state index is -4.44. The van der Waals surface area contributed by atoms with Crippen LogP contribution in [0.1, 0.15) is 200 Å². The van der Waals surface area contributed by atoms with Gasteiger partial charge in [-0.25, -0.2) is 4.57 Å². The Hall–Kier alpha value is -2.62. The Morgan fingerprint density at radius 2 is 1.02 bits per heavy atom. The van der Waals surface area contributed by atoms with E-state index < -0.39 is 32.5 Å². The predicted octanol–water partition coefficient (Wildman–Crippen LogP) is 14.0. The number of carbonyl (C=O) groups excluding carboxylic acids is 3. The summed E-state index contributed by atoms with van der Waals surface area (Å²) in [6, 6.07) is 0. The molecular formula is C52H93NO9P+. The zero-order valence-corrected chi connectivity index (χ0v) is 41.7. The van der Waals surface area contributed by atoms with Crippen LogP contribution in [0.4, 0.5) is 0 Å². The van der Waals surface area contributed by atoms with E-state index in [4.69, 9.17) is 18.5 Å². The van der Waals surface area contributed by atoms with Crippen LogP contribution >= 0.6 is 7.82 Å². The van der Waals surface area contributed by atoms with Gasteiger partial charge in [-0.05, 0) is 70.3 Å². The Morgan fingerprint density at radius 3 is 1.60 bits per heavy atom. The smallest absolute Gasteiger partial charge is 0.462 e. The van der Waals surface area contributed by atoms with E-state index in [-0.39, 0.29) is 38.3 Å². The van der Waals surface area contributed by atoms with Gasteiger partial charge in [-0.1, -0.05) is 171 Å². The Kier molecular flexibility index (Phi) is 41.5. The zero-order chi connectivity index (χ0) is 46.5. The van der Waals surface area contributed by atoms with Gasteiger partial charge in [-0.15, -0.1) is 0 Å². The molecule has 0 aromatic rings. The fourth-order valence-corrected chi connectivity index (χ4v) is 7.29. The van der Waals surface area contributed by atoms with Gasteiger partial charge in [0.05, 0.1) is 27.7 Å². The maximum atomic E-state index is 12.7. The van der Waals surface area contributed by atoms with Crippen molar-refractivity contribution in [2.24, 2.45) is 0 Å². The van der Waals surface area contributed by atoms with Gasteiger partial charge in [0.25, 0.3) is 0 Å². The van der Waals surface area contributed by atoms with Crippen molar-refractivity contribution in [1.82, 2.24) is 0 Å². The highest BCUT2D eigenvalue weighted by atomic mass is 31.2. The van der Waals surface area contributed by atoms with Gasteiger partial charge < -0.3 is 18.9 Å². The average Bonchev–Trinajstić information content (AvgIpc) is 3.23. The highest BCUT2D eigenvalue weighted by molar-refractivity contribution is 7.47. The average molecular weight is 907 g/mol. The number of rotatable bonds is 45. The number of carbonyl (C=O) groups is 3. The number of phosphoric ester groups is 1. The molecule has 0 radical (unpaired) electrons. The molecule has 11 heteroatoms. The minimum absolute atomic E-state index is 0.00129. The third-order valence-corrected chi connectivity index (χ3v) is 11.5. The standard InChI is InChI=1S/C52H92NO9P/c1-6-8-10-12-14-16-18-20-21-22-23-24-25-26-27-29-31-33-35-37-39-43-52(56)62-50(48-61-63(57,58)60-46-45-53(3,4)5)47-59-51(55)44-40-42-49(54)41-38-36-34-32-30-28-19-17-15-13-11-9-7-2/h15,17,20-21,28,30,34,36,38,41,50H,6-14,16,18-19,22-27,29,31-33,35,37,39-40,42-48H2,1-5H3/p+1/b17-15-,21-20-,30-28-,36-34-,41-38+/t50-/m1/s1. The molecule has 0 saturated carbocycles. The van der Waals surface area contributed by atoms with Crippen molar-refractivity contribution in [3.05, 3.63) is 60.8 Å². The van der Waals surface area contributed by atoms with Crippen LogP contribution in [0.2, 0.25) is 0 Å². The number of unbranched alkanes of at least 4 members (excludes halogenated alkanes) is 20. The molecule has 0 fully saturated rings. The van der Waals surface area contributed by atoms with Crippen molar-refractivity contribution < 1.29 is 46.8 Å². The SMILES string of the molecule is CCCCC/C=C\C/C=C\C/C=C\C=C\C(=O)CCCC(=O)OC[C@H](COP(=O)(O)OCC[N+](C)(C)C)OC(=O)CCCCCCCCCCCCC/C=C\CCCCCCCC. The van der Waals surface area contributed by atoms with Gasteiger partial charge in [-0.3, -0.25) is 23.4 Å². The lowest BCUT2D eigenvalue weighted by atomic mass is 10.0. The molecule has 63 heavy (non-hydrogen) atoms. The molecule has 0 bridgehead atoms. The van der Waals surface area contributed by atoms with E-state index in [0.717, 1.165) is 38.5 Å². The third kappa shape index (κ3) is 47.2. The lowest BCUT2D eigenvalue weighted by Gasteiger charge is -2.24. The van der Waals surface area contributed by atoms with Crippen LogP contribution in [-0.4, -0.2) is 80.7 Å². The Labute approximate surface area is 385 Å². The number of likely N-dealkylation sites (N-methyl/N-ethyl adjacent to an activating group) is 1. The number of allylic oxidation sites excluding steroid dienone is 10. The largest absolute Gasteiger partial charge is 0.472 e. The molecule has 0 aliphatic heterocycles. The van der Waals surface area contributed by atoms with Gasteiger partial charge in [0.2, 0.25) is 0 Å². The topological polar surface area (TPSA) is 125 Å². The van der Waals surface area contributed by atoms with Crippen LogP contribution in [0.5, 0.6) is 0 Å². The van der Waals surface area contributed by atoms with E-state index in [0.29, 0.717) is 23.9 Å². The molecular weight excluding hydrogens is 814 g/mol. The molecule has 0 spiro atoms. The predicted molar refractivity (Wildman–Crippen MR) is 261 cm³/mol. The van der Waals surface area contributed by atoms with Gasteiger partial charge in [0.1, 0.15) is 19.8 Å². The summed E-state index contributed by atoms with van der Waals surface area (Å²) in [6.07, 6.45) is 49.9. The van der Waals surface area contributed by atoms with Crippen molar-refractivity contribution in [1.29, 1.82) is 0 Å². The van der Waals surface area contributed by atoms with E-state index in [1.807, 2.05) is 33.3 Å². The van der Waals surface area contributed by atoms with Crippen molar-refractivity contribution in [2.45, 2.75) is 206 Å². The molecule has 0 saturated heterocycles. The quantitative estimate of drug-likeness (QED) is 0.0121. The molecule has 0 aromatic carbocycles. The highest BCUT2D eigenvalue weighted by Gasteiger charge is 2.27. The second kappa shape index (κ2) is 43.3. The first kappa shape index (κ1) is 60.4. The van der Waals surface area contributed by atoms with Crippen LogP contribution in [0.25, 0.3) is 0 Å². The fourth-order valence-electron chi connectivity index (χ4n) is 6.55. The summed E-state index contributed by atoms with van der Waals surface area (Å²) in [5.41, 5.74) is 0. The zero-order valence-electron chi connectivity index (χ0n) is 40.8. The first-order valence-corrected chi connectivity index (χ1v) is 26.5. The lowest BCUT2D eigenvalue weighted by molar-refractivity contribution is -0.870. The van der Waals surface area contributed by atoms with E-state index in [1.165, 1.54) is 122 Å². The van der Waals surface area contributed by atoms with E-state index in [9.17, 15) is 23.8 Å². The number of ketones is 1. The molecule has 0 heterocycles. The Morgan fingerprint density at radius 1 is 0.540 bits per heavy atom. The van der Waals surface area contributed by atoms with Crippen molar-refractivity contribution >= 4 is 25.5 Å². The number of hydrogen-bond acceptors (Lipinski definition) is 8. The van der Waals surface area contributed by atoms with Crippen LogP contribution in [0.3, 0.4) is 0 Å². The highest BCUT2D eigenvalue weighted by Crippen LogP contribution is 2.43. The molecule has 0 aliphatic rings. The van der Waals surface area contributed by atoms with E-state index in [2.05, 4.69) is 50.3 Å². The summed E-state index contributed by atoms with van der Waals surface area (Å²) in [4.78, 5) is 47.7. The van der Waals surface area contributed by atoms with Crippen LogP contribution < -0.4 is 0 Å². The van der Waals surface area contributed by atoms with Gasteiger partial charge in [0, 0.05) is 19.3 Å². The van der Waals surface area contributed by atoms with E-state index in [1.54, 1.807) is 6.08 Å². The first-order valence-electron chi connectivity index (χ1n) is 25.0. The second-order valence-corrected chi connectivity index (χ2v) is 19.3. The van der Waals surface area contributed by atoms with Crippen molar-refractivity contribution in [2.75, 3.05) is 47.5 Å². The number of quaternary nitrogens is 1. The summed E-state index contributed by atoms with van der Waals surface area (Å²) < 4.78 is 34.2. The number of ether oxygens (including phenoxy) is 2. The molecule has 0 aliphatic carbocycles. The molecule has 0 rings (SSSR count). The third-order valence-electron chi connectivity index (χ3n) is 10.5. The Balaban J connectivity index is 4.43. The van der Waals surface area contributed by atoms with Crippen molar-refractivity contribution in [3.8, 4) is 0 Å². The monoisotopic (exact) mass is 907 g/mol. The molecule has 364 valence electrons. The van der Waals surface area contributed by atoms with Gasteiger partial charge >= 0.3 is 19.8 Å². The lowest BCUT2D eigenvalue weighted by Crippen LogP contribution is -2.37. The maximum Gasteiger partial charge on any atom is 0.472 e. The summed E-state index contributed by atoms with van der Waals surface area (Å²) in [5.74, 6) is -1.15. The van der Waals surface area contributed by atoms with Crippen LogP contribution in [-0.2, 0) is 37.5 Å². The number of phosphoric acid groups is 1. The molecule has 1 unspecified atom stereocenters. The van der Waals surface area contributed by atoms with Crippen LogP contribution in [0.15, 0.2) is 60.8 Å². The maximum absolute atomic E-state index is 12.7. The molecule has 10 nitrogen and oxygen atoms in total. The molecule has 0 amide bonds. The van der Waals surface area contributed by atoms with Gasteiger partial charge in [0.15, 0.2) is 11.9 Å². The molecule has 2 atom stereocenters. The van der Waals surface area contributed by atoms with Crippen molar-refractivity contribution in [3.63, 3.8) is 0 Å². The van der Waals surface area contributed by atoms with Gasteiger partial charge in [-0.2, -0.15) is 0 Å². The summed E-state index contributed by atoms with van der Waals surface area (Å²) >= 11 is 0. The summed E-state index contributed by atoms with van der Waals surface area (Å²) in [6.45, 7) is 4.12. The Bertz CT molecular complexity index is 1320. The number of hydrogen-bond donors (Lipinski definition) is 1. The summed E-state index contributed by atoms with van der Waals surface area (Å²) in [7, 11) is 1.35. The molecule has 0 aromatic heterocycles. The fraction of sp³-hybridized carbons (Fsp3) is 0.750. The second-order valence-electron chi connectivity index (χ2n) is 17.9.